The van der Waals surface area contributed by atoms with Crippen LogP contribution in [-0.2, 0) is 0 Å². The van der Waals surface area contributed by atoms with Crippen LogP contribution in [0.5, 0.6) is 0 Å². The molecule has 40 heavy (non-hydrogen) atoms. The minimum atomic E-state index is 1.19. The summed E-state index contributed by atoms with van der Waals surface area (Å²) in [5.41, 5.74) is 2.77. The van der Waals surface area contributed by atoms with Crippen molar-refractivity contribution in [3.8, 4) is 0 Å². The third-order valence-corrected chi connectivity index (χ3v) is 11.9. The number of thiophene rings is 2. The number of anilines is 2. The van der Waals surface area contributed by atoms with Crippen LogP contribution in [0.15, 0.2) is 72.8 Å². The van der Waals surface area contributed by atoms with E-state index < -0.39 is 0 Å². The van der Waals surface area contributed by atoms with Crippen LogP contribution in [-0.4, -0.2) is 26.2 Å². The average molecular weight is 557 g/mol. The second-order valence-corrected chi connectivity index (χ2v) is 14.0. The van der Waals surface area contributed by atoms with Gasteiger partial charge in [-0.15, -0.1) is 22.7 Å². The molecule has 2 aliphatic rings. The number of benzene rings is 5. The molecule has 5 aromatic carbocycles. The summed E-state index contributed by atoms with van der Waals surface area (Å²) in [5, 5.41) is 11.0. The van der Waals surface area contributed by atoms with Crippen LogP contribution in [0.2, 0.25) is 0 Å². The van der Waals surface area contributed by atoms with Gasteiger partial charge in [0.05, 0.1) is 9.40 Å². The van der Waals surface area contributed by atoms with E-state index in [1.807, 2.05) is 22.7 Å². The Balaban J connectivity index is 1.19. The molecule has 198 valence electrons. The Hall–Kier alpha value is -3.34. The first-order valence-electron chi connectivity index (χ1n) is 15.0. The van der Waals surface area contributed by atoms with Gasteiger partial charge in [-0.2, -0.15) is 0 Å². The van der Waals surface area contributed by atoms with E-state index in [9.17, 15) is 0 Å². The summed E-state index contributed by atoms with van der Waals surface area (Å²) in [4.78, 5) is 5.14. The highest BCUT2D eigenvalue weighted by atomic mass is 32.1. The van der Waals surface area contributed by atoms with Gasteiger partial charge in [0.1, 0.15) is 0 Å². The van der Waals surface area contributed by atoms with E-state index in [1.54, 1.807) is 0 Å². The van der Waals surface area contributed by atoms with Crippen molar-refractivity contribution in [2.75, 3.05) is 36.0 Å². The zero-order valence-electron chi connectivity index (χ0n) is 22.7. The fraction of sp³-hybridized carbons (Fsp3) is 0.278. The normalized spacial score (nSPS) is 16.9. The zero-order valence-corrected chi connectivity index (χ0v) is 24.3. The number of hydrogen-bond donors (Lipinski definition) is 0. The molecule has 4 heterocycles. The molecule has 9 rings (SSSR count). The Morgan fingerprint density at radius 1 is 0.400 bits per heavy atom. The molecule has 0 bridgehead atoms. The standard InChI is InChI=1S/C36H32N2S2/c1-3-13-37(14-4-1)27-9-7-23-19-31-29-11-12-30-32-20-24-8-10-28(38-15-5-2-6-16-38)18-26(24)22-34(32)40-36(30)35(29)39-33(31)21-25(23)17-27/h7-12,17-22H,1-6,13-16H2. The summed E-state index contributed by atoms with van der Waals surface area (Å²) in [7, 11) is 0. The Kier molecular flexibility index (Phi) is 5.31. The van der Waals surface area contributed by atoms with Crippen LogP contribution in [0.4, 0.5) is 11.4 Å². The predicted octanol–water partition coefficient (Wildman–Crippen LogP) is 10.7. The van der Waals surface area contributed by atoms with E-state index >= 15 is 0 Å². The van der Waals surface area contributed by atoms with Crippen LogP contribution >= 0.6 is 22.7 Å². The van der Waals surface area contributed by atoms with Crippen molar-refractivity contribution in [3.63, 3.8) is 0 Å². The summed E-state index contributed by atoms with van der Waals surface area (Å²) in [5.74, 6) is 0. The van der Waals surface area contributed by atoms with Gasteiger partial charge in [0, 0.05) is 68.5 Å². The summed E-state index contributed by atoms with van der Waals surface area (Å²) in [6, 6.07) is 28.7. The van der Waals surface area contributed by atoms with Crippen LogP contribution in [0, 0.1) is 0 Å². The first-order valence-corrected chi connectivity index (χ1v) is 16.6. The number of fused-ring (bicyclic) bond motifs is 9. The lowest BCUT2D eigenvalue weighted by Gasteiger charge is -2.29. The molecule has 4 heteroatoms. The van der Waals surface area contributed by atoms with Gasteiger partial charge in [0.15, 0.2) is 0 Å². The molecule has 2 aromatic heterocycles. The van der Waals surface area contributed by atoms with E-state index in [1.165, 1.54) is 138 Å². The fourth-order valence-corrected chi connectivity index (χ4v) is 9.83. The van der Waals surface area contributed by atoms with Gasteiger partial charge in [0.25, 0.3) is 0 Å². The van der Waals surface area contributed by atoms with Gasteiger partial charge < -0.3 is 9.80 Å². The second-order valence-electron chi connectivity index (χ2n) is 11.9. The summed E-state index contributed by atoms with van der Waals surface area (Å²) in [6.45, 7) is 4.76. The molecule has 0 N–H and O–H groups in total. The fourth-order valence-electron chi connectivity index (χ4n) is 7.23. The Morgan fingerprint density at radius 2 is 0.850 bits per heavy atom. The minimum absolute atomic E-state index is 1.19. The minimum Gasteiger partial charge on any atom is -0.372 e. The molecule has 2 saturated heterocycles. The van der Waals surface area contributed by atoms with Crippen molar-refractivity contribution in [3.05, 3.63) is 72.8 Å². The van der Waals surface area contributed by atoms with Crippen molar-refractivity contribution >= 4 is 95.9 Å². The van der Waals surface area contributed by atoms with Crippen molar-refractivity contribution in [2.45, 2.75) is 38.5 Å². The maximum Gasteiger partial charge on any atom is 0.0534 e. The molecular formula is C36H32N2S2. The Morgan fingerprint density at radius 3 is 1.30 bits per heavy atom. The lowest BCUT2D eigenvalue weighted by atomic mass is 10.0. The topological polar surface area (TPSA) is 6.48 Å². The second kappa shape index (κ2) is 9.09. The number of rotatable bonds is 2. The molecule has 0 saturated carbocycles. The maximum absolute atomic E-state index is 2.57. The first-order chi connectivity index (χ1) is 19.8. The summed E-state index contributed by atoms with van der Waals surface area (Å²) < 4.78 is 5.69. The van der Waals surface area contributed by atoms with E-state index in [-0.39, 0.29) is 0 Å². The highest BCUT2D eigenvalue weighted by Gasteiger charge is 2.17. The van der Waals surface area contributed by atoms with E-state index in [0.717, 1.165) is 0 Å². The van der Waals surface area contributed by atoms with Crippen molar-refractivity contribution < 1.29 is 0 Å². The summed E-state index contributed by atoms with van der Waals surface area (Å²) in [6.07, 6.45) is 7.99. The Bertz CT molecular complexity index is 1940. The molecule has 0 unspecified atom stereocenters. The molecule has 0 radical (unpaired) electrons. The molecule has 0 atom stereocenters. The van der Waals surface area contributed by atoms with E-state index in [2.05, 4.69) is 82.6 Å². The van der Waals surface area contributed by atoms with Gasteiger partial charge in [-0.3, -0.25) is 0 Å². The monoisotopic (exact) mass is 556 g/mol. The third kappa shape index (κ3) is 3.65. The zero-order chi connectivity index (χ0) is 26.2. The first kappa shape index (κ1) is 23.4. The molecule has 2 nitrogen and oxygen atoms in total. The lowest BCUT2D eigenvalue weighted by molar-refractivity contribution is 0.578. The summed E-state index contributed by atoms with van der Waals surface area (Å²) >= 11 is 3.96. The maximum atomic E-state index is 2.57. The third-order valence-electron chi connectivity index (χ3n) is 9.40. The van der Waals surface area contributed by atoms with Gasteiger partial charge in [-0.25, -0.2) is 0 Å². The van der Waals surface area contributed by atoms with Gasteiger partial charge >= 0.3 is 0 Å². The van der Waals surface area contributed by atoms with Crippen LogP contribution < -0.4 is 9.80 Å². The molecule has 0 spiro atoms. The molecule has 0 aliphatic carbocycles. The predicted molar refractivity (Wildman–Crippen MR) is 179 cm³/mol. The average Bonchev–Trinajstić information content (AvgIpc) is 3.56. The SMILES string of the molecule is c1cc2cc3c(cc2cc1N1CCCCC1)sc1c3ccc2c3cc4ccc(N5CCCCC5)cc4cc3sc21. The quantitative estimate of drug-likeness (QED) is 0.209. The molecule has 0 amide bonds. The largest absolute Gasteiger partial charge is 0.372 e. The van der Waals surface area contributed by atoms with Crippen LogP contribution in [0.3, 0.4) is 0 Å². The smallest absolute Gasteiger partial charge is 0.0534 e. The Labute approximate surface area is 242 Å². The molecule has 7 aromatic rings. The van der Waals surface area contributed by atoms with Gasteiger partial charge in [0.2, 0.25) is 0 Å². The van der Waals surface area contributed by atoms with Gasteiger partial charge in [-0.05, 0) is 109 Å². The number of nitrogens with zero attached hydrogens (tertiary/aromatic N) is 2. The van der Waals surface area contributed by atoms with Gasteiger partial charge in [-0.1, -0.05) is 24.3 Å². The van der Waals surface area contributed by atoms with Crippen molar-refractivity contribution in [1.82, 2.24) is 0 Å². The van der Waals surface area contributed by atoms with Crippen LogP contribution in [0.1, 0.15) is 38.5 Å². The lowest BCUT2D eigenvalue weighted by Crippen LogP contribution is -2.29. The van der Waals surface area contributed by atoms with Crippen molar-refractivity contribution in [1.29, 1.82) is 0 Å². The molecule has 2 fully saturated rings. The van der Waals surface area contributed by atoms with E-state index in [4.69, 9.17) is 0 Å². The highest BCUT2D eigenvalue weighted by Crippen LogP contribution is 2.46. The molecule has 2 aliphatic heterocycles. The highest BCUT2D eigenvalue weighted by molar-refractivity contribution is 7.33. The van der Waals surface area contributed by atoms with E-state index in [0.29, 0.717) is 0 Å². The van der Waals surface area contributed by atoms with Crippen LogP contribution in [0.25, 0.3) is 61.9 Å². The molecular weight excluding hydrogens is 525 g/mol. The van der Waals surface area contributed by atoms with Crippen molar-refractivity contribution in [2.24, 2.45) is 0 Å². The number of hydrogen-bond acceptors (Lipinski definition) is 4. The number of piperidine rings is 2.